The van der Waals surface area contributed by atoms with Crippen molar-refractivity contribution in [2.75, 3.05) is 13.6 Å². The fourth-order valence-electron chi connectivity index (χ4n) is 1.73. The molecule has 0 saturated carbocycles. The van der Waals surface area contributed by atoms with Crippen molar-refractivity contribution in [2.45, 2.75) is 19.9 Å². The normalized spacial score (nSPS) is 11.3. The molecule has 0 unspecified atom stereocenters. The summed E-state index contributed by atoms with van der Waals surface area (Å²) in [6, 6.07) is 1.28. The van der Waals surface area contributed by atoms with E-state index in [0.29, 0.717) is 24.5 Å². The van der Waals surface area contributed by atoms with Gasteiger partial charge in [0.1, 0.15) is 0 Å². The Morgan fingerprint density at radius 3 is 2.90 bits per heavy atom. The van der Waals surface area contributed by atoms with Crippen LogP contribution in [0.25, 0.3) is 0 Å². The minimum Gasteiger partial charge on any atom is -0.370 e. The van der Waals surface area contributed by atoms with Crippen LogP contribution < -0.4 is 5.32 Å². The Balaban J connectivity index is 2.95. The Labute approximate surface area is 121 Å². The number of nitro groups is 1. The van der Waals surface area contributed by atoms with Gasteiger partial charge in [-0.1, -0.05) is 18.5 Å². The van der Waals surface area contributed by atoms with E-state index in [2.05, 4.69) is 10.3 Å². The molecule has 6 nitrogen and oxygen atoms in total. The molecule has 0 amide bonds. The second kappa shape index (κ2) is 7.64. The molecule has 1 N–H and O–H groups in total. The van der Waals surface area contributed by atoms with Crippen LogP contribution in [0.3, 0.4) is 0 Å². The highest BCUT2D eigenvalue weighted by Gasteiger charge is 2.13. The number of rotatable bonds is 7. The van der Waals surface area contributed by atoms with Crippen LogP contribution in [0.1, 0.15) is 18.9 Å². The van der Waals surface area contributed by atoms with E-state index in [1.165, 1.54) is 12.3 Å². The highest BCUT2D eigenvalue weighted by molar-refractivity contribution is 6.29. The molecule has 20 heavy (non-hydrogen) atoms. The van der Waals surface area contributed by atoms with Crippen LogP contribution in [0, 0.1) is 15.9 Å². The highest BCUT2D eigenvalue weighted by atomic mass is 35.5. The van der Waals surface area contributed by atoms with Gasteiger partial charge in [-0.25, -0.2) is 9.37 Å². The van der Waals surface area contributed by atoms with Gasteiger partial charge >= 0.3 is 0 Å². The van der Waals surface area contributed by atoms with E-state index < -0.39 is 10.7 Å². The molecule has 0 aliphatic carbocycles. The third-order valence-corrected chi connectivity index (χ3v) is 2.82. The first-order valence-electron chi connectivity index (χ1n) is 6.05. The molecule has 0 fully saturated rings. The van der Waals surface area contributed by atoms with Crippen LogP contribution in [-0.4, -0.2) is 28.4 Å². The molecule has 0 bridgehead atoms. The first-order valence-corrected chi connectivity index (χ1v) is 6.43. The SMILES string of the molecule is CCCN(Cc1cnc(Cl)c(F)c1)/C(=C/[N+](=O)[O-])NC. The first kappa shape index (κ1) is 16.2. The van der Waals surface area contributed by atoms with Gasteiger partial charge in [0.2, 0.25) is 0 Å². The lowest BCUT2D eigenvalue weighted by atomic mass is 10.2. The molecule has 110 valence electrons. The minimum absolute atomic E-state index is 0.189. The summed E-state index contributed by atoms with van der Waals surface area (Å²) in [5.41, 5.74) is 0.588. The van der Waals surface area contributed by atoms with Crippen molar-refractivity contribution in [3.8, 4) is 0 Å². The van der Waals surface area contributed by atoms with E-state index in [9.17, 15) is 14.5 Å². The van der Waals surface area contributed by atoms with Crippen molar-refractivity contribution < 1.29 is 9.31 Å². The predicted octanol–water partition coefficient (Wildman–Crippen LogP) is 2.38. The largest absolute Gasteiger partial charge is 0.370 e. The molecule has 1 rings (SSSR count). The van der Waals surface area contributed by atoms with Gasteiger partial charge in [0.05, 0.1) is 4.92 Å². The monoisotopic (exact) mass is 302 g/mol. The Kier molecular flexibility index (Phi) is 6.17. The van der Waals surface area contributed by atoms with Crippen molar-refractivity contribution in [1.29, 1.82) is 0 Å². The summed E-state index contributed by atoms with van der Waals surface area (Å²) in [5, 5.41) is 13.2. The van der Waals surface area contributed by atoms with Crippen LogP contribution >= 0.6 is 11.6 Å². The molecular formula is C12H16ClFN4O2. The van der Waals surface area contributed by atoms with E-state index in [0.717, 1.165) is 12.6 Å². The van der Waals surface area contributed by atoms with Gasteiger partial charge in [-0.3, -0.25) is 10.1 Å². The molecule has 0 spiro atoms. The van der Waals surface area contributed by atoms with Crippen molar-refractivity contribution in [1.82, 2.24) is 15.2 Å². The third kappa shape index (κ3) is 4.65. The smallest absolute Gasteiger partial charge is 0.274 e. The van der Waals surface area contributed by atoms with Crippen molar-refractivity contribution >= 4 is 11.6 Å². The molecule has 8 heteroatoms. The number of aromatic nitrogens is 1. The van der Waals surface area contributed by atoms with E-state index >= 15 is 0 Å². The zero-order valence-electron chi connectivity index (χ0n) is 11.3. The molecular weight excluding hydrogens is 287 g/mol. The minimum atomic E-state index is -0.607. The standard InChI is InChI=1S/C12H16ClFN4O2/c1-3-4-17(11(15-2)8-18(19)20)7-9-5-10(14)12(13)16-6-9/h5-6,8,15H,3-4,7H2,1-2H3/b11-8+. The molecule has 0 radical (unpaired) electrons. The van der Waals surface area contributed by atoms with Crippen LogP contribution in [0.4, 0.5) is 4.39 Å². The third-order valence-electron chi connectivity index (χ3n) is 2.54. The van der Waals surface area contributed by atoms with Crippen molar-refractivity contribution in [2.24, 2.45) is 0 Å². The van der Waals surface area contributed by atoms with Gasteiger partial charge in [-0.2, -0.15) is 0 Å². The maximum atomic E-state index is 13.4. The zero-order chi connectivity index (χ0) is 15.1. The lowest BCUT2D eigenvalue weighted by Crippen LogP contribution is -2.31. The fourth-order valence-corrected chi connectivity index (χ4v) is 1.83. The van der Waals surface area contributed by atoms with E-state index in [1.54, 1.807) is 11.9 Å². The number of nitrogens with one attached hydrogen (secondary N) is 1. The van der Waals surface area contributed by atoms with Crippen molar-refractivity contribution in [3.05, 3.63) is 50.9 Å². The Morgan fingerprint density at radius 1 is 1.70 bits per heavy atom. The number of pyridine rings is 1. The molecule has 1 heterocycles. The average Bonchev–Trinajstić information content (AvgIpc) is 2.39. The summed E-state index contributed by atoms with van der Waals surface area (Å²) >= 11 is 5.52. The van der Waals surface area contributed by atoms with Crippen LogP contribution in [0.15, 0.2) is 24.3 Å². The molecule has 0 aliphatic rings. The summed E-state index contributed by atoms with van der Waals surface area (Å²) < 4.78 is 13.4. The summed E-state index contributed by atoms with van der Waals surface area (Å²) in [7, 11) is 1.60. The molecule has 1 aromatic rings. The molecule has 0 aromatic carbocycles. The van der Waals surface area contributed by atoms with Crippen LogP contribution in [0.2, 0.25) is 5.15 Å². The topological polar surface area (TPSA) is 71.3 Å². The number of nitrogens with zero attached hydrogens (tertiary/aromatic N) is 3. The summed E-state index contributed by atoms with van der Waals surface area (Å²) in [4.78, 5) is 15.5. The second-order valence-corrected chi connectivity index (χ2v) is 4.45. The van der Waals surface area contributed by atoms with E-state index in [4.69, 9.17) is 11.6 Å². The second-order valence-electron chi connectivity index (χ2n) is 4.09. The number of hydrogen-bond acceptors (Lipinski definition) is 5. The van der Waals surface area contributed by atoms with Gasteiger partial charge < -0.3 is 10.2 Å². The molecule has 0 saturated heterocycles. The van der Waals surface area contributed by atoms with Gasteiger partial charge in [0.15, 0.2) is 16.8 Å². The zero-order valence-corrected chi connectivity index (χ0v) is 12.0. The van der Waals surface area contributed by atoms with E-state index in [1.807, 2.05) is 6.92 Å². The number of halogens is 2. The highest BCUT2D eigenvalue weighted by Crippen LogP contribution is 2.15. The average molecular weight is 303 g/mol. The van der Waals surface area contributed by atoms with Crippen LogP contribution in [-0.2, 0) is 6.54 Å². The predicted molar refractivity (Wildman–Crippen MR) is 74.0 cm³/mol. The maximum Gasteiger partial charge on any atom is 0.274 e. The molecule has 0 aliphatic heterocycles. The Hall–Kier alpha value is -1.89. The molecule has 0 atom stereocenters. The lowest BCUT2D eigenvalue weighted by molar-refractivity contribution is -0.404. The fraction of sp³-hybridized carbons (Fsp3) is 0.417. The van der Waals surface area contributed by atoms with Gasteiger partial charge in [0, 0.05) is 26.3 Å². The number of hydrogen-bond donors (Lipinski definition) is 1. The summed E-state index contributed by atoms with van der Waals surface area (Å²) in [6.07, 6.45) is 3.13. The van der Waals surface area contributed by atoms with Gasteiger partial charge in [0.25, 0.3) is 6.20 Å². The Bertz CT molecular complexity index is 510. The van der Waals surface area contributed by atoms with Gasteiger partial charge in [-0.15, -0.1) is 0 Å². The van der Waals surface area contributed by atoms with Crippen LogP contribution in [0.5, 0.6) is 0 Å². The lowest BCUT2D eigenvalue weighted by Gasteiger charge is -2.25. The van der Waals surface area contributed by atoms with E-state index in [-0.39, 0.29) is 5.15 Å². The maximum absolute atomic E-state index is 13.4. The summed E-state index contributed by atoms with van der Waals surface area (Å²) in [5.74, 6) is -0.253. The van der Waals surface area contributed by atoms with Crippen molar-refractivity contribution in [3.63, 3.8) is 0 Å². The molecule has 1 aromatic heterocycles. The quantitative estimate of drug-likeness (QED) is 0.476. The summed E-state index contributed by atoms with van der Waals surface area (Å²) in [6.45, 7) is 2.84. The Morgan fingerprint density at radius 2 is 2.40 bits per heavy atom. The first-order chi connectivity index (χ1) is 9.47. The van der Waals surface area contributed by atoms with Gasteiger partial charge in [-0.05, 0) is 18.1 Å².